The molecule has 0 aliphatic carbocycles. The number of ether oxygens (including phenoxy) is 3. The highest BCUT2D eigenvalue weighted by molar-refractivity contribution is 5.95. The molecule has 6 nitrogen and oxygen atoms in total. The first-order valence-corrected chi connectivity index (χ1v) is 8.49. The zero-order chi connectivity index (χ0) is 17.1. The van der Waals surface area contributed by atoms with Crippen LogP contribution in [0.25, 0.3) is 0 Å². The van der Waals surface area contributed by atoms with Gasteiger partial charge in [-0.05, 0) is 48.6 Å². The number of rotatable bonds is 4. The van der Waals surface area contributed by atoms with E-state index in [0.29, 0.717) is 23.0 Å². The molecular weight excluding hydrogens is 320 g/mol. The first-order valence-electron chi connectivity index (χ1n) is 8.49. The minimum Gasteiger partial charge on any atom is -0.454 e. The van der Waals surface area contributed by atoms with Crippen LogP contribution in [0.2, 0.25) is 0 Å². The van der Waals surface area contributed by atoms with Gasteiger partial charge < -0.3 is 19.5 Å². The van der Waals surface area contributed by atoms with Gasteiger partial charge >= 0.3 is 0 Å². The van der Waals surface area contributed by atoms with E-state index in [1.807, 2.05) is 18.3 Å². The number of fused-ring (bicyclic) bond motifs is 1. The number of amides is 1. The molecule has 0 spiro atoms. The van der Waals surface area contributed by atoms with E-state index in [4.69, 9.17) is 14.2 Å². The number of pyridine rings is 1. The molecule has 1 aromatic heterocycles. The van der Waals surface area contributed by atoms with Crippen LogP contribution in [0, 0.1) is 5.92 Å². The maximum absolute atomic E-state index is 12.8. The fraction of sp³-hybridized carbons (Fsp3) is 0.368. The Bertz CT molecular complexity index is 744. The number of nitrogens with one attached hydrogen (secondary N) is 1. The molecule has 1 unspecified atom stereocenters. The van der Waals surface area contributed by atoms with Gasteiger partial charge in [0.25, 0.3) is 5.91 Å². The zero-order valence-corrected chi connectivity index (χ0v) is 13.8. The van der Waals surface area contributed by atoms with E-state index in [9.17, 15) is 4.79 Å². The van der Waals surface area contributed by atoms with Crippen molar-refractivity contribution in [2.75, 3.05) is 20.0 Å². The van der Waals surface area contributed by atoms with E-state index < -0.39 is 0 Å². The Morgan fingerprint density at radius 3 is 2.80 bits per heavy atom. The molecule has 0 radical (unpaired) electrons. The topological polar surface area (TPSA) is 69.7 Å². The number of carbonyl (C=O) groups is 1. The third-order valence-electron chi connectivity index (χ3n) is 4.70. The first-order chi connectivity index (χ1) is 12.3. The monoisotopic (exact) mass is 340 g/mol. The smallest absolute Gasteiger partial charge is 0.251 e. The summed E-state index contributed by atoms with van der Waals surface area (Å²) in [6.07, 6.45) is 5.40. The molecule has 1 saturated heterocycles. The van der Waals surface area contributed by atoms with Gasteiger partial charge in [0.15, 0.2) is 11.5 Å². The lowest BCUT2D eigenvalue weighted by Gasteiger charge is -2.31. The molecule has 1 atom stereocenters. The van der Waals surface area contributed by atoms with Crippen molar-refractivity contribution >= 4 is 5.91 Å². The Morgan fingerprint density at radius 2 is 2.00 bits per heavy atom. The molecule has 25 heavy (non-hydrogen) atoms. The average Bonchev–Trinajstić information content (AvgIpc) is 3.15. The summed E-state index contributed by atoms with van der Waals surface area (Å²) in [5, 5.41) is 3.18. The molecule has 6 heteroatoms. The van der Waals surface area contributed by atoms with E-state index in [0.717, 1.165) is 31.6 Å². The summed E-state index contributed by atoms with van der Waals surface area (Å²) in [5.74, 6) is 1.48. The summed E-state index contributed by atoms with van der Waals surface area (Å²) < 4.78 is 16.1. The molecule has 2 aliphatic rings. The second-order valence-corrected chi connectivity index (χ2v) is 6.26. The van der Waals surface area contributed by atoms with E-state index in [-0.39, 0.29) is 18.7 Å². The highest BCUT2D eigenvalue weighted by atomic mass is 16.7. The third kappa shape index (κ3) is 3.44. The lowest BCUT2D eigenvalue weighted by molar-refractivity contribution is 0.0513. The lowest BCUT2D eigenvalue weighted by Crippen LogP contribution is -2.36. The van der Waals surface area contributed by atoms with Crippen LogP contribution in [0.1, 0.15) is 34.8 Å². The summed E-state index contributed by atoms with van der Waals surface area (Å²) in [4.78, 5) is 17.0. The summed E-state index contributed by atoms with van der Waals surface area (Å²) >= 11 is 0. The molecule has 2 aliphatic heterocycles. The number of hydrogen-bond acceptors (Lipinski definition) is 5. The maximum Gasteiger partial charge on any atom is 0.251 e. The van der Waals surface area contributed by atoms with Crippen LogP contribution in [0.3, 0.4) is 0 Å². The van der Waals surface area contributed by atoms with Crippen molar-refractivity contribution in [1.29, 1.82) is 0 Å². The first kappa shape index (κ1) is 15.9. The van der Waals surface area contributed by atoms with Gasteiger partial charge in [0.1, 0.15) is 0 Å². The molecular formula is C19H20N2O4. The largest absolute Gasteiger partial charge is 0.454 e. The van der Waals surface area contributed by atoms with E-state index in [2.05, 4.69) is 10.3 Å². The number of hydrogen-bond donors (Lipinski definition) is 1. The van der Waals surface area contributed by atoms with Crippen molar-refractivity contribution in [3.05, 3.63) is 53.9 Å². The lowest BCUT2D eigenvalue weighted by atomic mass is 9.87. The normalized spacial score (nSPS) is 17.9. The van der Waals surface area contributed by atoms with Crippen molar-refractivity contribution < 1.29 is 19.0 Å². The van der Waals surface area contributed by atoms with Crippen LogP contribution in [-0.4, -0.2) is 30.9 Å². The second-order valence-electron chi connectivity index (χ2n) is 6.26. The number of aromatic nitrogens is 1. The van der Waals surface area contributed by atoms with Gasteiger partial charge in [-0.15, -0.1) is 0 Å². The fourth-order valence-electron chi connectivity index (χ4n) is 3.34. The molecule has 1 fully saturated rings. The highest BCUT2D eigenvalue weighted by Crippen LogP contribution is 2.33. The number of carbonyl (C=O) groups excluding carboxylic acids is 1. The SMILES string of the molecule is O=C(NC(c1cccnc1)C1CCOCC1)c1ccc2c(c1)OCO2. The zero-order valence-electron chi connectivity index (χ0n) is 13.8. The van der Waals surface area contributed by atoms with Gasteiger partial charge in [0, 0.05) is 31.2 Å². The van der Waals surface area contributed by atoms with Crippen molar-refractivity contribution in [2.24, 2.45) is 5.92 Å². The molecule has 4 rings (SSSR count). The average molecular weight is 340 g/mol. The van der Waals surface area contributed by atoms with Crippen LogP contribution in [0.15, 0.2) is 42.7 Å². The van der Waals surface area contributed by atoms with Gasteiger partial charge in [0.05, 0.1) is 6.04 Å². The van der Waals surface area contributed by atoms with Crippen LogP contribution in [0.5, 0.6) is 11.5 Å². The van der Waals surface area contributed by atoms with Crippen LogP contribution < -0.4 is 14.8 Å². The fourth-order valence-corrected chi connectivity index (χ4v) is 3.34. The van der Waals surface area contributed by atoms with Gasteiger partial charge in [-0.25, -0.2) is 0 Å². The molecule has 130 valence electrons. The molecule has 1 amide bonds. The predicted molar refractivity (Wildman–Crippen MR) is 90.6 cm³/mol. The molecule has 0 bridgehead atoms. The summed E-state index contributed by atoms with van der Waals surface area (Å²) in [7, 11) is 0. The summed E-state index contributed by atoms with van der Waals surface area (Å²) in [5.41, 5.74) is 1.58. The highest BCUT2D eigenvalue weighted by Gasteiger charge is 2.28. The maximum atomic E-state index is 12.8. The van der Waals surface area contributed by atoms with Crippen molar-refractivity contribution in [1.82, 2.24) is 10.3 Å². The Balaban J connectivity index is 1.56. The van der Waals surface area contributed by atoms with Gasteiger partial charge in [-0.2, -0.15) is 0 Å². The van der Waals surface area contributed by atoms with Crippen molar-refractivity contribution in [3.63, 3.8) is 0 Å². The standard InChI is InChI=1S/C19H20N2O4/c22-19(14-3-4-16-17(10-14)25-12-24-16)21-18(13-5-8-23-9-6-13)15-2-1-7-20-11-15/h1-4,7,10-11,13,18H,5-6,8-9,12H2,(H,21,22). The summed E-state index contributed by atoms with van der Waals surface area (Å²) in [6, 6.07) is 9.07. The van der Waals surface area contributed by atoms with E-state index >= 15 is 0 Å². The van der Waals surface area contributed by atoms with Gasteiger partial charge in [-0.3, -0.25) is 9.78 Å². The minimum absolute atomic E-state index is 0.0875. The molecule has 0 saturated carbocycles. The molecule has 1 N–H and O–H groups in total. The van der Waals surface area contributed by atoms with Gasteiger partial charge in [0.2, 0.25) is 6.79 Å². The van der Waals surface area contributed by atoms with E-state index in [1.54, 1.807) is 24.4 Å². The molecule has 1 aromatic carbocycles. The second kappa shape index (κ2) is 7.11. The third-order valence-corrected chi connectivity index (χ3v) is 4.70. The molecule has 3 heterocycles. The number of nitrogens with zero attached hydrogens (tertiary/aromatic N) is 1. The minimum atomic E-state index is -0.126. The van der Waals surface area contributed by atoms with Crippen molar-refractivity contribution in [3.8, 4) is 11.5 Å². The Morgan fingerprint density at radius 1 is 1.16 bits per heavy atom. The van der Waals surface area contributed by atoms with Crippen molar-refractivity contribution in [2.45, 2.75) is 18.9 Å². The Hall–Kier alpha value is -2.60. The predicted octanol–water partition coefficient (Wildman–Crippen LogP) is 2.71. The Kier molecular flexibility index (Phi) is 4.52. The quantitative estimate of drug-likeness (QED) is 0.927. The Labute approximate surface area is 146 Å². The van der Waals surface area contributed by atoms with Crippen LogP contribution in [-0.2, 0) is 4.74 Å². The van der Waals surface area contributed by atoms with Gasteiger partial charge in [-0.1, -0.05) is 6.07 Å². The number of benzene rings is 1. The van der Waals surface area contributed by atoms with E-state index in [1.165, 1.54) is 0 Å². The summed E-state index contributed by atoms with van der Waals surface area (Å²) in [6.45, 7) is 1.64. The van der Waals surface area contributed by atoms with Crippen LogP contribution in [0.4, 0.5) is 0 Å². The molecule has 2 aromatic rings. The van der Waals surface area contributed by atoms with Crippen LogP contribution >= 0.6 is 0 Å².